The maximum atomic E-state index is 12.9. The van der Waals surface area contributed by atoms with Gasteiger partial charge in [-0.3, -0.25) is 0 Å². The van der Waals surface area contributed by atoms with E-state index in [1.807, 2.05) is 13.8 Å². The highest BCUT2D eigenvalue weighted by Gasteiger charge is 2.55. The Morgan fingerprint density at radius 1 is 0.689 bits per heavy atom. The molecule has 8 N–H and O–H groups in total. The second-order valence-electron chi connectivity index (χ2n) is 15.1. The van der Waals surface area contributed by atoms with E-state index in [0.29, 0.717) is 6.42 Å². The number of hydrogen-bond donors (Lipinski definition) is 8. The zero-order chi connectivity index (χ0) is 44.8. The minimum absolute atomic E-state index is 0.0746. The van der Waals surface area contributed by atoms with E-state index in [4.69, 9.17) is 56.8 Å². The number of carbonyl (C=O) groups is 2. The van der Waals surface area contributed by atoms with Gasteiger partial charge in [-0.25, -0.2) is 9.59 Å². The zero-order valence-corrected chi connectivity index (χ0v) is 34.3. The normalized spacial score (nSPS) is 31.2. The van der Waals surface area contributed by atoms with Gasteiger partial charge in [0.15, 0.2) is 53.1 Å². The van der Waals surface area contributed by atoms with Gasteiger partial charge in [0, 0.05) is 0 Å². The first-order valence-electron chi connectivity index (χ1n) is 19.1. The van der Waals surface area contributed by atoms with Crippen LogP contribution in [0.5, 0.6) is 34.5 Å². The highest BCUT2D eigenvalue weighted by Crippen LogP contribution is 2.39. The van der Waals surface area contributed by atoms with Gasteiger partial charge < -0.3 is 97.7 Å². The molecule has 0 aromatic heterocycles. The zero-order valence-electron chi connectivity index (χ0n) is 34.3. The van der Waals surface area contributed by atoms with Crippen molar-refractivity contribution in [3.8, 4) is 34.5 Å². The van der Waals surface area contributed by atoms with Crippen molar-refractivity contribution in [2.24, 2.45) is 5.92 Å². The van der Waals surface area contributed by atoms with E-state index in [2.05, 4.69) is 0 Å². The fraction of sp³-hybridized carbons (Fsp3) is 0.641. The summed E-state index contributed by atoms with van der Waals surface area (Å²) < 4.78 is 65.0. The first-order chi connectivity index (χ1) is 28.9. The molecule has 3 heterocycles. The number of benzene rings is 2. The Morgan fingerprint density at radius 3 is 1.57 bits per heavy atom. The number of aliphatic hydroxyl groups is 6. The van der Waals surface area contributed by atoms with Gasteiger partial charge in [0.25, 0.3) is 0 Å². The predicted octanol–water partition coefficient (Wildman–Crippen LogP) is -1.05. The molecule has 0 aliphatic carbocycles. The molecule has 3 aliphatic heterocycles. The summed E-state index contributed by atoms with van der Waals surface area (Å²) in [6.07, 6.45) is -14.1. The van der Waals surface area contributed by atoms with E-state index < -0.39 is 112 Å². The fourth-order valence-electron chi connectivity index (χ4n) is 6.48. The van der Waals surface area contributed by atoms with Crippen molar-refractivity contribution in [1.29, 1.82) is 0 Å². The van der Waals surface area contributed by atoms with Crippen LogP contribution in [-0.4, -0.2) is 188 Å². The Balaban J connectivity index is 1.18. The smallest absolute Gasteiger partial charge is 0.338 e. The summed E-state index contributed by atoms with van der Waals surface area (Å²) >= 11 is 0. The number of hydrogen-bond acceptors (Lipinski definition) is 22. The quantitative estimate of drug-likeness (QED) is 0.0781. The maximum absolute atomic E-state index is 12.9. The first kappa shape index (κ1) is 47.7. The van der Waals surface area contributed by atoms with Crippen LogP contribution in [0.2, 0.25) is 0 Å². The van der Waals surface area contributed by atoms with Gasteiger partial charge >= 0.3 is 11.9 Å². The summed E-state index contributed by atoms with van der Waals surface area (Å²) in [5.74, 6) is -2.75. The molecule has 61 heavy (non-hydrogen) atoms. The lowest BCUT2D eigenvalue weighted by Crippen LogP contribution is -2.62. The van der Waals surface area contributed by atoms with Crippen molar-refractivity contribution in [1.82, 2.24) is 0 Å². The summed E-state index contributed by atoms with van der Waals surface area (Å²) in [5.41, 5.74) is -4.54. The van der Waals surface area contributed by atoms with Gasteiger partial charge in [0.2, 0.25) is 11.5 Å². The Labute approximate surface area is 349 Å². The van der Waals surface area contributed by atoms with Gasteiger partial charge in [-0.15, -0.1) is 0 Å². The van der Waals surface area contributed by atoms with E-state index in [1.54, 1.807) is 0 Å². The van der Waals surface area contributed by atoms with Crippen LogP contribution < -0.4 is 18.9 Å². The monoisotopic (exact) mass is 874 g/mol. The van der Waals surface area contributed by atoms with Crippen LogP contribution in [0.3, 0.4) is 0 Å². The van der Waals surface area contributed by atoms with Crippen LogP contribution in [-0.2, 0) is 37.9 Å². The average molecular weight is 875 g/mol. The molecule has 342 valence electrons. The highest BCUT2D eigenvalue weighted by atomic mass is 16.8. The Hall–Kier alpha value is -4.30. The van der Waals surface area contributed by atoms with Crippen LogP contribution in [0.15, 0.2) is 24.3 Å². The molecule has 5 rings (SSSR count). The third-order valence-corrected chi connectivity index (χ3v) is 10.3. The molecular formula is C39H54O22. The van der Waals surface area contributed by atoms with Crippen molar-refractivity contribution in [2.45, 2.75) is 87.0 Å². The second kappa shape index (κ2) is 20.3. The van der Waals surface area contributed by atoms with Crippen molar-refractivity contribution in [3.05, 3.63) is 35.4 Å². The Bertz CT molecular complexity index is 1760. The third-order valence-electron chi connectivity index (χ3n) is 10.3. The summed E-state index contributed by atoms with van der Waals surface area (Å²) in [4.78, 5) is 25.7. The van der Waals surface area contributed by atoms with E-state index in [9.17, 15) is 50.4 Å². The minimum atomic E-state index is -2.20. The number of aliphatic hydroxyl groups excluding tert-OH is 4. The van der Waals surface area contributed by atoms with E-state index in [0.717, 1.165) is 0 Å². The Kier molecular flexibility index (Phi) is 15.9. The molecule has 22 nitrogen and oxygen atoms in total. The molecule has 2 aromatic carbocycles. The average Bonchev–Trinajstić information content (AvgIpc) is 3.69. The van der Waals surface area contributed by atoms with Crippen molar-refractivity contribution in [3.63, 3.8) is 0 Å². The van der Waals surface area contributed by atoms with Gasteiger partial charge in [0.1, 0.15) is 49.8 Å². The van der Waals surface area contributed by atoms with Crippen LogP contribution >= 0.6 is 0 Å². The molecule has 0 bridgehead atoms. The number of phenols is 2. The molecule has 0 saturated carbocycles. The lowest BCUT2D eigenvalue weighted by atomic mass is 9.98. The van der Waals surface area contributed by atoms with Gasteiger partial charge in [0.05, 0.1) is 66.0 Å². The van der Waals surface area contributed by atoms with E-state index >= 15 is 0 Å². The molecule has 22 heteroatoms. The first-order valence-corrected chi connectivity index (χ1v) is 19.1. The van der Waals surface area contributed by atoms with Crippen LogP contribution in [0.25, 0.3) is 0 Å². The van der Waals surface area contributed by atoms with Gasteiger partial charge in [-0.05, 0) is 36.6 Å². The molecule has 3 fully saturated rings. The van der Waals surface area contributed by atoms with Crippen LogP contribution in [0, 0.1) is 5.92 Å². The highest BCUT2D eigenvalue weighted by molar-refractivity contribution is 5.91. The lowest BCUT2D eigenvalue weighted by molar-refractivity contribution is -0.340. The standard InChI is InChI=1S/C39H54O22/c1-18(2)7-8-54-35-30(61-37-32(45)39(49,17-59-37)15-57-34(47)20-11-23(52-5)27(41)24(12-20)53-6)29(43)28(42)25(60-35)13-55-36-31(44)38(48,16-58-36)14-56-33(46)19-9-21(50-3)26(40)22(10-19)51-4/h9-12,18,25,28-32,35-37,40-45,48-49H,7-8,13-17H2,1-6H3. The number of esters is 2. The second-order valence-corrected chi connectivity index (χ2v) is 15.1. The minimum Gasteiger partial charge on any atom is -0.502 e. The number of carbonyl (C=O) groups excluding carboxylic acids is 2. The van der Waals surface area contributed by atoms with Crippen molar-refractivity contribution < 1.29 is 107 Å². The molecule has 11 atom stereocenters. The molecule has 11 unspecified atom stereocenters. The summed E-state index contributed by atoms with van der Waals surface area (Å²) in [7, 11) is 5.06. The third kappa shape index (κ3) is 10.7. The van der Waals surface area contributed by atoms with Gasteiger partial charge in [-0.1, -0.05) is 13.8 Å². The predicted molar refractivity (Wildman–Crippen MR) is 201 cm³/mol. The molecule has 0 radical (unpaired) electrons. The molecular weight excluding hydrogens is 820 g/mol. The molecule has 2 aromatic rings. The maximum Gasteiger partial charge on any atom is 0.338 e. The number of phenolic OH excluding ortho intramolecular Hbond substituents is 2. The number of rotatable bonds is 19. The van der Waals surface area contributed by atoms with E-state index in [-0.39, 0.29) is 58.1 Å². The van der Waals surface area contributed by atoms with Crippen molar-refractivity contribution in [2.75, 3.05) is 68.1 Å². The molecule has 3 aliphatic rings. The molecule has 0 amide bonds. The largest absolute Gasteiger partial charge is 0.502 e. The fourth-order valence-corrected chi connectivity index (χ4v) is 6.48. The number of methoxy groups -OCH3 is 4. The topological polar surface area (TPSA) is 307 Å². The van der Waals surface area contributed by atoms with Crippen LogP contribution in [0.4, 0.5) is 0 Å². The van der Waals surface area contributed by atoms with Gasteiger partial charge in [-0.2, -0.15) is 0 Å². The molecule has 0 spiro atoms. The summed E-state index contributed by atoms with van der Waals surface area (Å²) in [6.45, 7) is 0.772. The molecule has 3 saturated heterocycles. The summed E-state index contributed by atoms with van der Waals surface area (Å²) in [5, 5.41) is 87.1. The summed E-state index contributed by atoms with van der Waals surface area (Å²) in [6, 6.07) is 4.75. The lowest BCUT2D eigenvalue weighted by Gasteiger charge is -2.43. The Morgan fingerprint density at radius 2 is 1.13 bits per heavy atom. The number of aromatic hydroxyl groups is 2. The van der Waals surface area contributed by atoms with E-state index in [1.165, 1.54) is 52.7 Å². The SMILES string of the molecule is COc1cc(C(=O)OCC2(O)COC(OCC3OC(OCCC(C)C)C(OC4OCC(O)(COC(=O)c5cc(OC)c(O)c(OC)c5)C4O)C(O)C3O)C2O)cc(OC)c1O. The van der Waals surface area contributed by atoms with Crippen molar-refractivity contribution >= 4 is 11.9 Å². The number of ether oxygens (including phenoxy) is 12. The van der Waals surface area contributed by atoms with Crippen LogP contribution in [0.1, 0.15) is 41.0 Å².